The van der Waals surface area contributed by atoms with Crippen molar-refractivity contribution in [2.75, 3.05) is 32.7 Å². The van der Waals surface area contributed by atoms with Crippen LogP contribution in [0.5, 0.6) is 0 Å². The molecule has 2 aromatic rings. The molecule has 0 bridgehead atoms. The quantitative estimate of drug-likeness (QED) is 0.895. The van der Waals surface area contributed by atoms with Gasteiger partial charge in [-0.25, -0.2) is 9.78 Å². The number of carbonyl (C=O) groups is 1. The number of urea groups is 1. The molecular weight excluding hydrogens is 328 g/mol. The Kier molecular flexibility index (Phi) is 5.15. The van der Waals surface area contributed by atoms with E-state index in [4.69, 9.17) is 0 Å². The highest BCUT2D eigenvalue weighted by Gasteiger charge is 2.28. The van der Waals surface area contributed by atoms with E-state index in [1.807, 2.05) is 4.90 Å². The molecule has 1 aromatic carbocycles. The second-order valence-corrected chi connectivity index (χ2v) is 7.08. The molecule has 1 unspecified atom stereocenters. The van der Waals surface area contributed by atoms with E-state index in [0.29, 0.717) is 19.1 Å². The number of amides is 2. The summed E-state index contributed by atoms with van der Waals surface area (Å²) in [4.78, 5) is 20.7. The number of benzene rings is 1. The highest BCUT2D eigenvalue weighted by Crippen LogP contribution is 2.25. The van der Waals surface area contributed by atoms with Gasteiger partial charge in [0.2, 0.25) is 0 Å². The van der Waals surface area contributed by atoms with Crippen molar-refractivity contribution in [1.82, 2.24) is 29.9 Å². The molecule has 2 heterocycles. The summed E-state index contributed by atoms with van der Waals surface area (Å²) in [6, 6.07) is 9.44. The molecule has 1 fully saturated rings. The minimum Gasteiger partial charge on any atom is -0.336 e. The first-order valence-electron chi connectivity index (χ1n) is 9.45. The topological polar surface area (TPSA) is 66.3 Å². The molecule has 0 radical (unpaired) electrons. The summed E-state index contributed by atoms with van der Waals surface area (Å²) >= 11 is 0. The number of nitrogens with zero attached hydrogens (tertiary/aromatic N) is 5. The van der Waals surface area contributed by atoms with Gasteiger partial charge >= 0.3 is 6.03 Å². The summed E-state index contributed by atoms with van der Waals surface area (Å²) in [5, 5.41) is 7.02. The van der Waals surface area contributed by atoms with E-state index in [0.717, 1.165) is 32.6 Å². The lowest BCUT2D eigenvalue weighted by molar-refractivity contribution is 0.101. The van der Waals surface area contributed by atoms with Gasteiger partial charge in [0.25, 0.3) is 0 Å². The van der Waals surface area contributed by atoms with Crippen LogP contribution >= 0.6 is 0 Å². The molecule has 0 spiro atoms. The number of nitrogens with one attached hydrogen (secondary N) is 1. The van der Waals surface area contributed by atoms with Crippen LogP contribution in [0.15, 0.2) is 36.9 Å². The zero-order valence-corrected chi connectivity index (χ0v) is 15.0. The fourth-order valence-corrected chi connectivity index (χ4v) is 4.02. The molecule has 4 rings (SSSR count). The number of aromatic nitrogens is 3. The standard InChI is InChI=1S/C19H26N6O/c26-19(21-7-8-25-15-20-14-22-25)24-11-9-23(10-12-24)18-6-5-16-3-1-2-4-17(16)13-18/h1-4,14-15,18H,5-13H2,(H,21,26). The highest BCUT2D eigenvalue weighted by molar-refractivity contribution is 5.74. The number of aryl methyl sites for hydroxylation is 1. The highest BCUT2D eigenvalue weighted by atomic mass is 16.2. The van der Waals surface area contributed by atoms with E-state index in [1.165, 1.54) is 30.3 Å². The van der Waals surface area contributed by atoms with E-state index in [-0.39, 0.29) is 6.03 Å². The van der Waals surface area contributed by atoms with E-state index in [2.05, 4.69) is 44.6 Å². The summed E-state index contributed by atoms with van der Waals surface area (Å²) in [6.07, 6.45) is 6.70. The molecule has 1 atom stereocenters. The zero-order valence-electron chi connectivity index (χ0n) is 15.0. The monoisotopic (exact) mass is 354 g/mol. The minimum absolute atomic E-state index is 0.0266. The molecular formula is C19H26N6O. The smallest absolute Gasteiger partial charge is 0.317 e. The maximum absolute atomic E-state index is 12.3. The van der Waals surface area contributed by atoms with Crippen molar-refractivity contribution in [2.24, 2.45) is 0 Å². The first-order valence-corrected chi connectivity index (χ1v) is 9.45. The Morgan fingerprint density at radius 3 is 2.73 bits per heavy atom. The Morgan fingerprint density at radius 1 is 1.15 bits per heavy atom. The van der Waals surface area contributed by atoms with Crippen LogP contribution < -0.4 is 5.32 Å². The second-order valence-electron chi connectivity index (χ2n) is 7.08. The van der Waals surface area contributed by atoms with Crippen LogP contribution in [0.3, 0.4) is 0 Å². The Balaban J connectivity index is 1.22. The summed E-state index contributed by atoms with van der Waals surface area (Å²) < 4.78 is 1.72. The van der Waals surface area contributed by atoms with E-state index >= 15 is 0 Å². The van der Waals surface area contributed by atoms with Gasteiger partial charge in [-0.05, 0) is 30.4 Å². The van der Waals surface area contributed by atoms with Gasteiger partial charge in [0, 0.05) is 38.8 Å². The Bertz CT molecular complexity index is 723. The molecule has 1 aliphatic heterocycles. The minimum atomic E-state index is 0.0266. The van der Waals surface area contributed by atoms with Crippen LogP contribution in [0.4, 0.5) is 4.79 Å². The molecule has 1 aromatic heterocycles. The lowest BCUT2D eigenvalue weighted by atomic mass is 9.87. The number of hydrogen-bond donors (Lipinski definition) is 1. The van der Waals surface area contributed by atoms with Crippen molar-refractivity contribution in [3.05, 3.63) is 48.0 Å². The third kappa shape index (κ3) is 3.88. The van der Waals surface area contributed by atoms with Crippen LogP contribution in [-0.2, 0) is 19.4 Å². The van der Waals surface area contributed by atoms with Gasteiger partial charge in [0.05, 0.1) is 6.54 Å². The second kappa shape index (κ2) is 7.86. The largest absolute Gasteiger partial charge is 0.336 e. The van der Waals surface area contributed by atoms with Crippen molar-refractivity contribution in [3.63, 3.8) is 0 Å². The van der Waals surface area contributed by atoms with Crippen LogP contribution in [0, 0.1) is 0 Å². The molecule has 138 valence electrons. The summed E-state index contributed by atoms with van der Waals surface area (Å²) in [7, 11) is 0. The number of fused-ring (bicyclic) bond motifs is 1. The lowest BCUT2D eigenvalue weighted by Crippen LogP contribution is -2.55. The SMILES string of the molecule is O=C(NCCn1cncn1)N1CCN(C2CCc3ccccc3C2)CC1. The van der Waals surface area contributed by atoms with Gasteiger partial charge in [-0.3, -0.25) is 9.58 Å². The first-order chi connectivity index (χ1) is 12.8. The van der Waals surface area contributed by atoms with Crippen LogP contribution in [0.1, 0.15) is 17.5 Å². The molecule has 7 nitrogen and oxygen atoms in total. The normalized spacial score (nSPS) is 20.6. The van der Waals surface area contributed by atoms with Crippen molar-refractivity contribution >= 4 is 6.03 Å². The van der Waals surface area contributed by atoms with Crippen molar-refractivity contribution in [2.45, 2.75) is 31.8 Å². The third-order valence-corrected chi connectivity index (χ3v) is 5.52. The van der Waals surface area contributed by atoms with Crippen molar-refractivity contribution in [3.8, 4) is 0 Å². The predicted molar refractivity (Wildman–Crippen MR) is 98.8 cm³/mol. The average molecular weight is 354 g/mol. The molecule has 1 saturated heterocycles. The maximum Gasteiger partial charge on any atom is 0.317 e. The van der Waals surface area contributed by atoms with Crippen molar-refractivity contribution in [1.29, 1.82) is 0 Å². The van der Waals surface area contributed by atoms with Gasteiger partial charge in [-0.15, -0.1) is 0 Å². The van der Waals surface area contributed by atoms with E-state index < -0.39 is 0 Å². The van der Waals surface area contributed by atoms with Gasteiger partial charge in [-0.1, -0.05) is 24.3 Å². The van der Waals surface area contributed by atoms with E-state index in [1.54, 1.807) is 11.0 Å². The average Bonchev–Trinajstić information content (AvgIpc) is 3.21. The summed E-state index contributed by atoms with van der Waals surface area (Å²) in [5.41, 5.74) is 3.01. The number of carbonyl (C=O) groups excluding carboxylic acids is 1. The van der Waals surface area contributed by atoms with Gasteiger partial charge in [-0.2, -0.15) is 5.10 Å². The van der Waals surface area contributed by atoms with Gasteiger partial charge in [0.1, 0.15) is 12.7 Å². The number of rotatable bonds is 4. The fraction of sp³-hybridized carbons (Fsp3) is 0.526. The molecule has 0 saturated carbocycles. The Morgan fingerprint density at radius 2 is 1.96 bits per heavy atom. The molecule has 7 heteroatoms. The number of hydrogen-bond acceptors (Lipinski definition) is 4. The fourth-order valence-electron chi connectivity index (χ4n) is 4.02. The summed E-state index contributed by atoms with van der Waals surface area (Å²) in [5.74, 6) is 0. The van der Waals surface area contributed by atoms with Gasteiger partial charge < -0.3 is 10.2 Å². The summed E-state index contributed by atoms with van der Waals surface area (Å²) in [6.45, 7) is 4.74. The lowest BCUT2D eigenvalue weighted by Gasteiger charge is -2.41. The Hall–Kier alpha value is -2.41. The molecule has 2 aliphatic rings. The molecule has 26 heavy (non-hydrogen) atoms. The number of piperazine rings is 1. The molecule has 1 N–H and O–H groups in total. The molecule has 2 amide bonds. The van der Waals surface area contributed by atoms with Crippen LogP contribution in [0.25, 0.3) is 0 Å². The van der Waals surface area contributed by atoms with Gasteiger partial charge in [0.15, 0.2) is 0 Å². The predicted octanol–water partition coefficient (Wildman–Crippen LogP) is 1.16. The Labute approximate surface area is 154 Å². The van der Waals surface area contributed by atoms with Crippen LogP contribution in [0.2, 0.25) is 0 Å². The van der Waals surface area contributed by atoms with E-state index in [9.17, 15) is 4.79 Å². The molecule has 1 aliphatic carbocycles. The van der Waals surface area contributed by atoms with Crippen LogP contribution in [-0.4, -0.2) is 69.4 Å². The zero-order chi connectivity index (χ0) is 17.8. The maximum atomic E-state index is 12.3. The van der Waals surface area contributed by atoms with Crippen molar-refractivity contribution < 1.29 is 4.79 Å². The first kappa shape index (κ1) is 17.0. The third-order valence-electron chi connectivity index (χ3n) is 5.52.